The zero-order valence-electron chi connectivity index (χ0n) is 7.98. The van der Waals surface area contributed by atoms with Crippen LogP contribution in [0.4, 0.5) is 0 Å². The Labute approximate surface area is 82.8 Å². The van der Waals surface area contributed by atoms with E-state index in [-0.39, 0.29) is 6.10 Å². The van der Waals surface area contributed by atoms with Crippen molar-refractivity contribution in [3.63, 3.8) is 0 Å². The molecule has 1 aliphatic heterocycles. The van der Waals surface area contributed by atoms with Crippen LogP contribution in [0, 0.1) is 0 Å². The molecular weight excluding hydrogens is 174 g/mol. The minimum Gasteiger partial charge on any atom is -0.387 e. The lowest BCUT2D eigenvalue weighted by atomic mass is 10.1. The first-order valence-corrected chi connectivity index (χ1v) is 5.12. The highest BCUT2D eigenvalue weighted by molar-refractivity contribution is 5.81. The highest BCUT2D eigenvalue weighted by Crippen LogP contribution is 2.30. The fourth-order valence-electron chi connectivity index (χ4n) is 2.35. The molecule has 3 rings (SSSR count). The molecular formula is C12H13NO. The maximum atomic E-state index is 9.84. The van der Waals surface area contributed by atoms with Gasteiger partial charge in [-0.2, -0.15) is 0 Å². The van der Waals surface area contributed by atoms with Crippen molar-refractivity contribution in [2.45, 2.75) is 25.5 Å². The van der Waals surface area contributed by atoms with E-state index in [1.54, 1.807) is 0 Å². The first kappa shape index (κ1) is 8.06. The summed E-state index contributed by atoms with van der Waals surface area (Å²) in [6, 6.07) is 10.4. The maximum Gasteiger partial charge on any atom is 0.0940 e. The van der Waals surface area contributed by atoms with Crippen molar-refractivity contribution in [3.8, 4) is 0 Å². The van der Waals surface area contributed by atoms with Crippen LogP contribution in [0.1, 0.15) is 24.6 Å². The fourth-order valence-corrected chi connectivity index (χ4v) is 2.35. The van der Waals surface area contributed by atoms with Gasteiger partial charge in [-0.05, 0) is 30.4 Å². The van der Waals surface area contributed by atoms with Crippen LogP contribution in [0.15, 0.2) is 30.3 Å². The number of aromatic nitrogens is 1. The normalized spacial score (nSPS) is 21.1. The van der Waals surface area contributed by atoms with Crippen molar-refractivity contribution in [1.29, 1.82) is 0 Å². The summed E-state index contributed by atoms with van der Waals surface area (Å²) in [5.41, 5.74) is 2.33. The van der Waals surface area contributed by atoms with Crippen molar-refractivity contribution in [2.24, 2.45) is 0 Å². The molecule has 1 aromatic carbocycles. The van der Waals surface area contributed by atoms with Crippen molar-refractivity contribution in [3.05, 3.63) is 36.0 Å². The molecule has 2 heteroatoms. The first-order chi connectivity index (χ1) is 6.86. The average Bonchev–Trinajstić information content (AvgIpc) is 2.59. The summed E-state index contributed by atoms with van der Waals surface area (Å²) in [5.74, 6) is 0. The van der Waals surface area contributed by atoms with E-state index < -0.39 is 0 Å². The Morgan fingerprint density at radius 3 is 3.07 bits per heavy atom. The molecule has 0 saturated carbocycles. The van der Waals surface area contributed by atoms with Gasteiger partial charge >= 0.3 is 0 Å². The van der Waals surface area contributed by atoms with E-state index in [2.05, 4.69) is 28.8 Å². The summed E-state index contributed by atoms with van der Waals surface area (Å²) < 4.78 is 2.24. The van der Waals surface area contributed by atoms with E-state index in [1.165, 1.54) is 10.9 Å². The van der Waals surface area contributed by atoms with Crippen LogP contribution in [-0.2, 0) is 6.54 Å². The Balaban J connectivity index is 2.32. The van der Waals surface area contributed by atoms with Gasteiger partial charge in [-0.15, -0.1) is 0 Å². The van der Waals surface area contributed by atoms with Crippen LogP contribution < -0.4 is 0 Å². The number of benzene rings is 1. The number of fused-ring (bicyclic) bond motifs is 3. The summed E-state index contributed by atoms with van der Waals surface area (Å²) in [7, 11) is 0. The number of aliphatic hydroxyl groups excluding tert-OH is 1. The van der Waals surface area contributed by atoms with Gasteiger partial charge < -0.3 is 9.67 Å². The molecule has 1 unspecified atom stereocenters. The SMILES string of the molecule is OC1CCCn2c1cc1ccccc12. The summed E-state index contributed by atoms with van der Waals surface area (Å²) in [6.45, 7) is 1.04. The minimum absolute atomic E-state index is 0.267. The number of hydrogen-bond acceptors (Lipinski definition) is 1. The Morgan fingerprint density at radius 1 is 1.29 bits per heavy atom. The number of rotatable bonds is 0. The Kier molecular flexibility index (Phi) is 1.64. The van der Waals surface area contributed by atoms with E-state index in [4.69, 9.17) is 0 Å². The van der Waals surface area contributed by atoms with Gasteiger partial charge in [0.25, 0.3) is 0 Å². The van der Waals surface area contributed by atoms with Crippen LogP contribution in [0.5, 0.6) is 0 Å². The number of aliphatic hydroxyl groups is 1. The average molecular weight is 187 g/mol. The number of para-hydroxylation sites is 1. The quantitative estimate of drug-likeness (QED) is 0.673. The van der Waals surface area contributed by atoms with E-state index in [0.717, 1.165) is 25.1 Å². The van der Waals surface area contributed by atoms with E-state index in [0.29, 0.717) is 0 Å². The first-order valence-electron chi connectivity index (χ1n) is 5.12. The van der Waals surface area contributed by atoms with Crippen molar-refractivity contribution >= 4 is 10.9 Å². The molecule has 0 fully saturated rings. The van der Waals surface area contributed by atoms with Gasteiger partial charge in [0, 0.05) is 17.8 Å². The van der Waals surface area contributed by atoms with Crippen LogP contribution in [0.3, 0.4) is 0 Å². The molecule has 1 aliphatic rings. The van der Waals surface area contributed by atoms with E-state index in [1.807, 2.05) is 6.07 Å². The van der Waals surface area contributed by atoms with Gasteiger partial charge in [-0.25, -0.2) is 0 Å². The zero-order valence-corrected chi connectivity index (χ0v) is 7.98. The molecule has 0 saturated heterocycles. The van der Waals surface area contributed by atoms with Crippen LogP contribution in [0.2, 0.25) is 0 Å². The number of nitrogens with zero attached hydrogens (tertiary/aromatic N) is 1. The molecule has 0 radical (unpaired) electrons. The Bertz CT molecular complexity index is 472. The number of hydrogen-bond donors (Lipinski definition) is 1. The highest BCUT2D eigenvalue weighted by Gasteiger charge is 2.19. The second-order valence-electron chi connectivity index (χ2n) is 3.94. The maximum absolute atomic E-state index is 9.84. The van der Waals surface area contributed by atoms with E-state index >= 15 is 0 Å². The molecule has 0 bridgehead atoms. The van der Waals surface area contributed by atoms with Gasteiger partial charge in [0.1, 0.15) is 0 Å². The predicted octanol–water partition coefficient (Wildman–Crippen LogP) is 2.47. The third kappa shape index (κ3) is 1.01. The lowest BCUT2D eigenvalue weighted by Gasteiger charge is -2.20. The van der Waals surface area contributed by atoms with Gasteiger partial charge in [0.15, 0.2) is 0 Å². The minimum atomic E-state index is -0.267. The van der Waals surface area contributed by atoms with E-state index in [9.17, 15) is 5.11 Å². The smallest absolute Gasteiger partial charge is 0.0940 e. The molecule has 2 heterocycles. The van der Waals surface area contributed by atoms with Gasteiger partial charge in [-0.1, -0.05) is 18.2 Å². The topological polar surface area (TPSA) is 25.2 Å². The summed E-state index contributed by atoms with van der Waals surface area (Å²) in [4.78, 5) is 0. The second kappa shape index (κ2) is 2.85. The summed E-state index contributed by atoms with van der Waals surface area (Å²) in [6.07, 6.45) is 1.71. The molecule has 1 aromatic heterocycles. The summed E-state index contributed by atoms with van der Waals surface area (Å²) in [5, 5.41) is 11.1. The number of aryl methyl sites for hydroxylation is 1. The Morgan fingerprint density at radius 2 is 2.14 bits per heavy atom. The third-order valence-corrected chi connectivity index (χ3v) is 3.04. The molecule has 1 N–H and O–H groups in total. The predicted molar refractivity (Wildman–Crippen MR) is 56.1 cm³/mol. The monoisotopic (exact) mass is 187 g/mol. The van der Waals surface area contributed by atoms with Crippen molar-refractivity contribution in [1.82, 2.24) is 4.57 Å². The molecule has 2 aromatic rings. The molecule has 0 spiro atoms. The van der Waals surface area contributed by atoms with Gasteiger partial charge in [0.2, 0.25) is 0 Å². The van der Waals surface area contributed by atoms with Crippen molar-refractivity contribution in [2.75, 3.05) is 0 Å². The van der Waals surface area contributed by atoms with Gasteiger partial charge in [-0.3, -0.25) is 0 Å². The van der Waals surface area contributed by atoms with Crippen LogP contribution in [-0.4, -0.2) is 9.67 Å². The second-order valence-corrected chi connectivity index (χ2v) is 3.94. The lowest BCUT2D eigenvalue weighted by molar-refractivity contribution is 0.140. The van der Waals surface area contributed by atoms with Crippen molar-refractivity contribution < 1.29 is 5.11 Å². The molecule has 2 nitrogen and oxygen atoms in total. The molecule has 0 aliphatic carbocycles. The highest BCUT2D eigenvalue weighted by atomic mass is 16.3. The largest absolute Gasteiger partial charge is 0.387 e. The molecule has 0 amide bonds. The Hall–Kier alpha value is -1.28. The van der Waals surface area contributed by atoms with Crippen LogP contribution >= 0.6 is 0 Å². The van der Waals surface area contributed by atoms with Crippen LogP contribution in [0.25, 0.3) is 10.9 Å². The lowest BCUT2D eigenvalue weighted by Crippen LogP contribution is -2.14. The standard InChI is InChI=1S/C12H13NO/c14-12-6-3-7-13-10-5-2-1-4-9(10)8-11(12)13/h1-2,4-5,8,12,14H,3,6-7H2. The summed E-state index contributed by atoms with van der Waals surface area (Å²) >= 11 is 0. The zero-order chi connectivity index (χ0) is 9.54. The fraction of sp³-hybridized carbons (Fsp3) is 0.333. The molecule has 72 valence electrons. The molecule has 1 atom stereocenters. The third-order valence-electron chi connectivity index (χ3n) is 3.04. The van der Waals surface area contributed by atoms with Gasteiger partial charge in [0.05, 0.1) is 6.10 Å². The molecule has 14 heavy (non-hydrogen) atoms.